The smallest absolute Gasteiger partial charge is 0.304 e. The monoisotopic (exact) mass is 378 g/mol. The van der Waals surface area contributed by atoms with Gasteiger partial charge in [-0.15, -0.1) is 12.3 Å². The molecule has 8 heteroatoms. The van der Waals surface area contributed by atoms with E-state index in [1.165, 1.54) is 0 Å². The molecule has 2 unspecified atom stereocenters. The van der Waals surface area contributed by atoms with Crippen molar-refractivity contribution in [2.24, 2.45) is 11.8 Å². The molecule has 150 valence electrons. The average molecular weight is 378 g/mol. The molecule has 0 aromatic carbocycles. The van der Waals surface area contributed by atoms with Crippen molar-refractivity contribution < 1.29 is 19.5 Å². The van der Waals surface area contributed by atoms with E-state index in [-0.39, 0.29) is 37.2 Å². The number of amides is 2. The van der Waals surface area contributed by atoms with E-state index in [4.69, 9.17) is 11.5 Å². The zero-order valence-electron chi connectivity index (χ0n) is 15.7. The molecule has 1 aliphatic carbocycles. The van der Waals surface area contributed by atoms with E-state index < -0.39 is 11.9 Å². The second kappa shape index (κ2) is 10.9. The number of carbonyl (C=O) groups excluding carboxylic acids is 2. The van der Waals surface area contributed by atoms with Crippen LogP contribution in [0.1, 0.15) is 32.1 Å². The highest BCUT2D eigenvalue weighted by molar-refractivity contribution is 5.85. The highest BCUT2D eigenvalue weighted by Crippen LogP contribution is 2.28. The van der Waals surface area contributed by atoms with E-state index in [1.807, 2.05) is 0 Å². The van der Waals surface area contributed by atoms with Crippen molar-refractivity contribution in [3.8, 4) is 12.3 Å². The van der Waals surface area contributed by atoms with Crippen molar-refractivity contribution in [1.29, 1.82) is 0 Å². The summed E-state index contributed by atoms with van der Waals surface area (Å²) in [7, 11) is 0. The molecule has 27 heavy (non-hydrogen) atoms. The molecule has 0 radical (unpaired) electrons. The van der Waals surface area contributed by atoms with E-state index in [0.29, 0.717) is 6.04 Å². The first kappa shape index (κ1) is 21.2. The molecule has 1 aliphatic heterocycles. The number of piperazine rings is 1. The van der Waals surface area contributed by atoms with Crippen LogP contribution in [0.5, 0.6) is 0 Å². The average Bonchev–Trinajstić information content (AvgIpc) is 2.69. The summed E-state index contributed by atoms with van der Waals surface area (Å²) in [6, 6.07) is 0.442. The summed E-state index contributed by atoms with van der Waals surface area (Å²) in [5.74, 6) is 0.295. The maximum Gasteiger partial charge on any atom is 0.304 e. The summed E-state index contributed by atoms with van der Waals surface area (Å²) < 4.78 is 0. The van der Waals surface area contributed by atoms with Gasteiger partial charge in [0.1, 0.15) is 0 Å². The fourth-order valence-electron chi connectivity index (χ4n) is 3.79. The van der Waals surface area contributed by atoms with Gasteiger partial charge in [-0.25, -0.2) is 0 Å². The zero-order valence-corrected chi connectivity index (χ0v) is 15.7. The summed E-state index contributed by atoms with van der Waals surface area (Å²) in [6.07, 6.45) is 8.91. The Morgan fingerprint density at radius 1 is 1.22 bits per heavy atom. The third-order valence-corrected chi connectivity index (χ3v) is 5.31. The van der Waals surface area contributed by atoms with Gasteiger partial charge in [0.2, 0.25) is 11.8 Å². The van der Waals surface area contributed by atoms with Crippen LogP contribution < -0.4 is 16.0 Å². The SMILES string of the molecule is C#C[C@@H](CNC(=O)CNC(=O)C1CCCC(N2CCNCC2)C1)CC(=O)O. The lowest BCUT2D eigenvalue weighted by molar-refractivity contribution is -0.137. The van der Waals surface area contributed by atoms with Crippen LogP contribution in [0.3, 0.4) is 0 Å². The van der Waals surface area contributed by atoms with Crippen LogP contribution >= 0.6 is 0 Å². The Morgan fingerprint density at radius 3 is 2.63 bits per heavy atom. The molecule has 1 saturated carbocycles. The van der Waals surface area contributed by atoms with Crippen LogP contribution in [0.25, 0.3) is 0 Å². The Morgan fingerprint density at radius 2 is 1.96 bits per heavy atom. The predicted octanol–water partition coefficient (Wildman–Crippen LogP) is -0.593. The number of terminal acetylenes is 1. The van der Waals surface area contributed by atoms with Crippen LogP contribution in [0.2, 0.25) is 0 Å². The number of nitrogens with zero attached hydrogens (tertiary/aromatic N) is 1. The second-order valence-corrected chi connectivity index (χ2v) is 7.29. The van der Waals surface area contributed by atoms with Gasteiger partial charge in [0.15, 0.2) is 0 Å². The first-order chi connectivity index (χ1) is 13.0. The first-order valence-corrected chi connectivity index (χ1v) is 9.66. The molecule has 1 saturated heterocycles. The number of nitrogens with one attached hydrogen (secondary N) is 3. The van der Waals surface area contributed by atoms with E-state index in [9.17, 15) is 14.4 Å². The molecule has 1 heterocycles. The van der Waals surface area contributed by atoms with Crippen molar-refractivity contribution in [3.63, 3.8) is 0 Å². The molecule has 0 bridgehead atoms. The van der Waals surface area contributed by atoms with Crippen LogP contribution in [0, 0.1) is 24.2 Å². The van der Waals surface area contributed by atoms with Crippen molar-refractivity contribution in [2.75, 3.05) is 39.3 Å². The third kappa shape index (κ3) is 7.19. The number of carbonyl (C=O) groups is 3. The maximum atomic E-state index is 12.4. The molecule has 2 aliphatic rings. The maximum absolute atomic E-state index is 12.4. The normalized spacial score (nSPS) is 24.4. The van der Waals surface area contributed by atoms with Gasteiger partial charge < -0.3 is 21.1 Å². The largest absolute Gasteiger partial charge is 0.481 e. The van der Waals surface area contributed by atoms with E-state index in [0.717, 1.165) is 51.9 Å². The van der Waals surface area contributed by atoms with Crippen LogP contribution in [-0.4, -0.2) is 73.1 Å². The molecule has 2 rings (SSSR count). The van der Waals surface area contributed by atoms with Crippen molar-refractivity contribution in [1.82, 2.24) is 20.9 Å². The Bertz CT molecular complexity index is 569. The third-order valence-electron chi connectivity index (χ3n) is 5.31. The summed E-state index contributed by atoms with van der Waals surface area (Å²) in [6.45, 7) is 4.01. The fourth-order valence-corrected chi connectivity index (χ4v) is 3.79. The van der Waals surface area contributed by atoms with Gasteiger partial charge in [0.05, 0.1) is 13.0 Å². The van der Waals surface area contributed by atoms with E-state index in [1.54, 1.807) is 0 Å². The first-order valence-electron chi connectivity index (χ1n) is 9.66. The fraction of sp³-hybridized carbons (Fsp3) is 0.737. The van der Waals surface area contributed by atoms with Crippen molar-refractivity contribution in [3.05, 3.63) is 0 Å². The van der Waals surface area contributed by atoms with Crippen LogP contribution in [-0.2, 0) is 14.4 Å². The predicted molar refractivity (Wildman–Crippen MR) is 101 cm³/mol. The number of hydrogen-bond acceptors (Lipinski definition) is 5. The molecule has 0 aromatic rings. The summed E-state index contributed by atoms with van der Waals surface area (Å²) in [5.41, 5.74) is 0. The highest BCUT2D eigenvalue weighted by Gasteiger charge is 2.31. The lowest BCUT2D eigenvalue weighted by Gasteiger charge is -2.39. The number of carboxylic acid groups (broad SMARTS) is 1. The molecular weight excluding hydrogens is 348 g/mol. The topological polar surface area (TPSA) is 111 Å². The quantitative estimate of drug-likeness (QED) is 0.420. The molecule has 0 spiro atoms. The molecule has 8 nitrogen and oxygen atoms in total. The second-order valence-electron chi connectivity index (χ2n) is 7.29. The number of carboxylic acids is 1. The van der Waals surface area contributed by atoms with Crippen LogP contribution in [0.4, 0.5) is 0 Å². The molecule has 0 aromatic heterocycles. The molecule has 2 amide bonds. The summed E-state index contributed by atoms with van der Waals surface area (Å²) in [4.78, 5) is 37.5. The van der Waals surface area contributed by atoms with Gasteiger partial charge in [-0.2, -0.15) is 0 Å². The van der Waals surface area contributed by atoms with Gasteiger partial charge in [-0.3, -0.25) is 19.3 Å². The molecule has 3 atom stereocenters. The summed E-state index contributed by atoms with van der Waals surface area (Å²) >= 11 is 0. The Hall–Kier alpha value is -2.11. The summed E-state index contributed by atoms with van der Waals surface area (Å²) in [5, 5.41) is 17.4. The standard InChI is InChI=1S/C19H30N4O4/c1-2-14(10-18(25)26)12-21-17(24)13-22-19(27)15-4-3-5-16(11-15)23-8-6-20-7-9-23/h1,14-16,20H,3-13H2,(H,21,24)(H,22,27)(H,25,26)/t14-,15?,16?/m1/s1. The van der Waals surface area contributed by atoms with Gasteiger partial charge in [-0.1, -0.05) is 6.42 Å². The lowest BCUT2D eigenvalue weighted by atomic mass is 9.84. The minimum Gasteiger partial charge on any atom is -0.481 e. The van der Waals surface area contributed by atoms with Gasteiger partial charge >= 0.3 is 5.97 Å². The number of aliphatic carboxylic acids is 1. The molecular formula is C19H30N4O4. The van der Waals surface area contributed by atoms with Gasteiger partial charge in [0, 0.05) is 50.6 Å². The van der Waals surface area contributed by atoms with Crippen LogP contribution in [0.15, 0.2) is 0 Å². The Kier molecular flexibility index (Phi) is 8.55. The highest BCUT2D eigenvalue weighted by atomic mass is 16.4. The minimum absolute atomic E-state index is 0.0584. The molecule has 4 N–H and O–H groups in total. The van der Waals surface area contributed by atoms with Gasteiger partial charge in [0.25, 0.3) is 0 Å². The Balaban J connectivity index is 1.70. The van der Waals surface area contributed by atoms with Crippen molar-refractivity contribution in [2.45, 2.75) is 38.1 Å². The zero-order chi connectivity index (χ0) is 19.6. The minimum atomic E-state index is -1.00. The molecule has 2 fully saturated rings. The van der Waals surface area contributed by atoms with Crippen molar-refractivity contribution >= 4 is 17.8 Å². The number of rotatable bonds is 8. The van der Waals surface area contributed by atoms with Gasteiger partial charge in [-0.05, 0) is 19.3 Å². The van der Waals surface area contributed by atoms with E-state index >= 15 is 0 Å². The van der Waals surface area contributed by atoms with E-state index in [2.05, 4.69) is 26.8 Å². The number of hydrogen-bond donors (Lipinski definition) is 4. The Labute approximate surface area is 160 Å². The lowest BCUT2D eigenvalue weighted by Crippen LogP contribution is -2.51.